The van der Waals surface area contributed by atoms with Crippen molar-refractivity contribution in [2.75, 3.05) is 7.05 Å². The molecule has 1 aliphatic rings. The van der Waals surface area contributed by atoms with E-state index >= 15 is 0 Å². The van der Waals surface area contributed by atoms with E-state index in [4.69, 9.17) is 0 Å². The number of benzene rings is 1. The monoisotopic (exact) mass is 193 g/mol. The van der Waals surface area contributed by atoms with E-state index in [0.29, 0.717) is 11.3 Å². The molecule has 1 N–H and O–H groups in total. The maximum atomic E-state index is 3.39. The third-order valence-corrected chi connectivity index (χ3v) is 3.95. The highest BCUT2D eigenvalue weighted by atomic mass is 32.2. The molecule has 1 aliphatic heterocycles. The maximum absolute atomic E-state index is 3.39. The van der Waals surface area contributed by atoms with Gasteiger partial charge in [-0.25, -0.2) is 0 Å². The number of nitrogens with one attached hydrogen (secondary N) is 1. The van der Waals surface area contributed by atoms with Crippen molar-refractivity contribution >= 4 is 11.8 Å². The Labute approximate surface area is 83.9 Å². The first-order chi connectivity index (χ1) is 6.33. The summed E-state index contributed by atoms with van der Waals surface area (Å²) in [5.74, 6) is 1.16. The number of fused-ring (bicyclic) bond motifs is 1. The van der Waals surface area contributed by atoms with E-state index in [0.717, 1.165) is 5.75 Å². The number of rotatable bonds is 1. The van der Waals surface area contributed by atoms with E-state index in [1.807, 2.05) is 18.8 Å². The Hall–Kier alpha value is -0.470. The Morgan fingerprint density at radius 1 is 1.38 bits per heavy atom. The van der Waals surface area contributed by atoms with Gasteiger partial charge in [0.05, 0.1) is 0 Å². The zero-order chi connectivity index (χ0) is 9.26. The predicted molar refractivity (Wildman–Crippen MR) is 59.0 cm³/mol. The van der Waals surface area contributed by atoms with Crippen molar-refractivity contribution in [3.63, 3.8) is 0 Å². The van der Waals surface area contributed by atoms with Crippen LogP contribution in [-0.4, -0.2) is 12.3 Å². The van der Waals surface area contributed by atoms with Gasteiger partial charge in [0, 0.05) is 17.0 Å². The molecule has 1 aromatic carbocycles. The van der Waals surface area contributed by atoms with Gasteiger partial charge < -0.3 is 5.32 Å². The first-order valence-corrected chi connectivity index (χ1v) is 5.74. The number of thioether (sulfide) groups is 1. The molecule has 0 amide bonds. The van der Waals surface area contributed by atoms with Crippen LogP contribution >= 0.6 is 11.8 Å². The fraction of sp³-hybridized carbons (Fsp3) is 0.455. The van der Waals surface area contributed by atoms with Crippen LogP contribution in [0, 0.1) is 0 Å². The molecule has 1 nitrogen and oxygen atoms in total. The number of hydrogen-bond acceptors (Lipinski definition) is 2. The summed E-state index contributed by atoms with van der Waals surface area (Å²) in [6, 6.07) is 9.26. The van der Waals surface area contributed by atoms with Crippen molar-refractivity contribution in [1.29, 1.82) is 0 Å². The van der Waals surface area contributed by atoms with Crippen LogP contribution < -0.4 is 5.32 Å². The standard InChI is InChI=1S/C11H15NS/c1-8-11(12-2)10-6-4-3-5-9(10)7-13-8/h3-6,8,11-12H,7H2,1-2H3. The zero-order valence-corrected chi connectivity index (χ0v) is 8.90. The SMILES string of the molecule is CNC1c2ccccc2CSC1C. The Morgan fingerprint density at radius 3 is 2.92 bits per heavy atom. The summed E-state index contributed by atoms with van der Waals surface area (Å²) in [5.41, 5.74) is 2.97. The lowest BCUT2D eigenvalue weighted by Crippen LogP contribution is -2.29. The summed E-state index contributed by atoms with van der Waals surface area (Å²) >= 11 is 2.03. The molecule has 0 radical (unpaired) electrons. The van der Waals surface area contributed by atoms with Gasteiger partial charge in [-0.15, -0.1) is 0 Å². The van der Waals surface area contributed by atoms with Gasteiger partial charge in [-0.2, -0.15) is 11.8 Å². The Bertz CT molecular complexity index is 298. The molecule has 0 spiro atoms. The fourth-order valence-electron chi connectivity index (χ4n) is 1.93. The summed E-state index contributed by atoms with van der Waals surface area (Å²) < 4.78 is 0. The molecule has 0 bridgehead atoms. The zero-order valence-electron chi connectivity index (χ0n) is 8.08. The van der Waals surface area contributed by atoms with E-state index in [1.165, 1.54) is 11.1 Å². The fourth-order valence-corrected chi connectivity index (χ4v) is 3.11. The first-order valence-electron chi connectivity index (χ1n) is 4.69. The molecular weight excluding hydrogens is 178 g/mol. The quantitative estimate of drug-likeness (QED) is 0.735. The minimum Gasteiger partial charge on any atom is -0.312 e. The van der Waals surface area contributed by atoms with Gasteiger partial charge >= 0.3 is 0 Å². The molecule has 0 saturated carbocycles. The average molecular weight is 193 g/mol. The van der Waals surface area contributed by atoms with Crippen molar-refractivity contribution < 1.29 is 0 Å². The van der Waals surface area contributed by atoms with E-state index < -0.39 is 0 Å². The van der Waals surface area contributed by atoms with Crippen molar-refractivity contribution in [3.05, 3.63) is 35.4 Å². The van der Waals surface area contributed by atoms with Gasteiger partial charge in [0.15, 0.2) is 0 Å². The van der Waals surface area contributed by atoms with E-state index in [1.54, 1.807) is 0 Å². The van der Waals surface area contributed by atoms with Crippen LogP contribution in [0.3, 0.4) is 0 Å². The Balaban J connectivity index is 2.39. The summed E-state index contributed by atoms with van der Waals surface area (Å²) in [5, 5.41) is 4.07. The molecule has 0 aromatic heterocycles. The van der Waals surface area contributed by atoms with Gasteiger partial charge in [-0.3, -0.25) is 0 Å². The lowest BCUT2D eigenvalue weighted by Gasteiger charge is -2.30. The lowest BCUT2D eigenvalue weighted by atomic mass is 9.99. The van der Waals surface area contributed by atoms with Gasteiger partial charge in [-0.05, 0) is 18.2 Å². The van der Waals surface area contributed by atoms with Crippen LogP contribution in [0.4, 0.5) is 0 Å². The molecule has 1 aromatic rings. The second kappa shape index (κ2) is 3.72. The molecule has 0 fully saturated rings. The molecular formula is C11H15NS. The third kappa shape index (κ3) is 1.61. The summed E-state index contributed by atoms with van der Waals surface area (Å²) in [6.45, 7) is 2.29. The third-order valence-electron chi connectivity index (χ3n) is 2.67. The highest BCUT2D eigenvalue weighted by molar-refractivity contribution is 7.99. The normalized spacial score (nSPS) is 26.9. The summed E-state index contributed by atoms with van der Waals surface area (Å²) in [7, 11) is 2.05. The Morgan fingerprint density at radius 2 is 2.15 bits per heavy atom. The van der Waals surface area contributed by atoms with Crippen molar-refractivity contribution in [2.24, 2.45) is 0 Å². The molecule has 1 heterocycles. The molecule has 2 heteroatoms. The molecule has 2 atom stereocenters. The second-order valence-electron chi connectivity index (χ2n) is 3.48. The second-order valence-corrected chi connectivity index (χ2v) is 4.85. The summed E-state index contributed by atoms with van der Waals surface area (Å²) in [4.78, 5) is 0. The minimum atomic E-state index is 0.523. The number of hydrogen-bond donors (Lipinski definition) is 1. The molecule has 0 aliphatic carbocycles. The minimum absolute atomic E-state index is 0.523. The van der Waals surface area contributed by atoms with Crippen LogP contribution in [0.1, 0.15) is 24.1 Å². The highest BCUT2D eigenvalue weighted by Gasteiger charge is 2.24. The van der Waals surface area contributed by atoms with Gasteiger partial charge in [0.25, 0.3) is 0 Å². The van der Waals surface area contributed by atoms with E-state index in [-0.39, 0.29) is 0 Å². The molecule has 13 heavy (non-hydrogen) atoms. The highest BCUT2D eigenvalue weighted by Crippen LogP contribution is 2.36. The van der Waals surface area contributed by atoms with Gasteiger partial charge in [-0.1, -0.05) is 31.2 Å². The topological polar surface area (TPSA) is 12.0 Å². The van der Waals surface area contributed by atoms with Gasteiger partial charge in [0.2, 0.25) is 0 Å². The average Bonchev–Trinajstić information content (AvgIpc) is 2.18. The van der Waals surface area contributed by atoms with E-state index in [9.17, 15) is 0 Å². The molecule has 2 rings (SSSR count). The van der Waals surface area contributed by atoms with Crippen LogP contribution in [0.2, 0.25) is 0 Å². The van der Waals surface area contributed by atoms with Crippen LogP contribution in [0.5, 0.6) is 0 Å². The lowest BCUT2D eigenvalue weighted by molar-refractivity contribution is 0.579. The predicted octanol–water partition coefficient (Wildman–Crippen LogP) is 2.58. The van der Waals surface area contributed by atoms with Crippen LogP contribution in [0.15, 0.2) is 24.3 Å². The summed E-state index contributed by atoms with van der Waals surface area (Å²) in [6.07, 6.45) is 0. The van der Waals surface area contributed by atoms with E-state index in [2.05, 4.69) is 36.5 Å². The maximum Gasteiger partial charge on any atom is 0.0438 e. The first kappa shape index (κ1) is 9.10. The molecule has 70 valence electrons. The smallest absolute Gasteiger partial charge is 0.0438 e. The van der Waals surface area contributed by atoms with Gasteiger partial charge in [0.1, 0.15) is 0 Å². The van der Waals surface area contributed by atoms with Crippen LogP contribution in [0.25, 0.3) is 0 Å². The van der Waals surface area contributed by atoms with Crippen LogP contribution in [-0.2, 0) is 5.75 Å². The Kier molecular flexibility index (Phi) is 2.61. The van der Waals surface area contributed by atoms with Crippen molar-refractivity contribution in [1.82, 2.24) is 5.32 Å². The molecule has 2 unspecified atom stereocenters. The largest absolute Gasteiger partial charge is 0.312 e. The molecule has 0 saturated heterocycles. The van der Waals surface area contributed by atoms with Crippen molar-refractivity contribution in [2.45, 2.75) is 24.0 Å². The van der Waals surface area contributed by atoms with Crippen molar-refractivity contribution in [3.8, 4) is 0 Å².